The van der Waals surface area contributed by atoms with Gasteiger partial charge in [0.15, 0.2) is 0 Å². The molecule has 2 nitrogen and oxygen atoms in total. The van der Waals surface area contributed by atoms with Gasteiger partial charge in [-0.15, -0.1) is 0 Å². The number of hydrogen-bond donors (Lipinski definition) is 2. The predicted octanol–water partition coefficient (Wildman–Crippen LogP) is 2.56. The Morgan fingerprint density at radius 1 is 1.33 bits per heavy atom. The lowest BCUT2D eigenvalue weighted by molar-refractivity contribution is 0.0692. The Kier molecular flexibility index (Phi) is 6.26. The van der Waals surface area contributed by atoms with E-state index in [1.807, 2.05) is 0 Å². The van der Waals surface area contributed by atoms with Gasteiger partial charge < -0.3 is 10.4 Å². The maximum atomic E-state index is 9.80. The molecular weight excluding hydrogens is 186 g/mol. The van der Waals surface area contributed by atoms with Crippen molar-refractivity contribution in [1.82, 2.24) is 5.32 Å². The third-order valence-electron chi connectivity index (χ3n) is 3.55. The summed E-state index contributed by atoms with van der Waals surface area (Å²) in [4.78, 5) is 0. The molecule has 1 fully saturated rings. The first-order chi connectivity index (χ1) is 7.24. The molecule has 1 rings (SSSR count). The third-order valence-corrected chi connectivity index (χ3v) is 3.55. The highest BCUT2D eigenvalue weighted by Gasteiger charge is 2.22. The molecule has 2 N–H and O–H groups in total. The number of rotatable bonds is 6. The maximum Gasteiger partial charge on any atom is 0.0580 e. The van der Waals surface area contributed by atoms with Crippen molar-refractivity contribution in [1.29, 1.82) is 0 Å². The molecule has 0 radical (unpaired) electrons. The molecule has 15 heavy (non-hydrogen) atoms. The van der Waals surface area contributed by atoms with Gasteiger partial charge in [-0.05, 0) is 37.6 Å². The SMILES string of the molecule is CCCC(C)CNCC1CCCCC1O. The van der Waals surface area contributed by atoms with Crippen molar-refractivity contribution in [2.24, 2.45) is 11.8 Å². The molecule has 0 heterocycles. The zero-order valence-corrected chi connectivity index (χ0v) is 10.3. The van der Waals surface area contributed by atoms with Crippen molar-refractivity contribution >= 4 is 0 Å². The fraction of sp³-hybridized carbons (Fsp3) is 1.00. The van der Waals surface area contributed by atoms with E-state index in [9.17, 15) is 5.11 Å². The summed E-state index contributed by atoms with van der Waals surface area (Å²) in [6.07, 6.45) is 7.26. The molecule has 0 saturated heterocycles. The summed E-state index contributed by atoms with van der Waals surface area (Å²) >= 11 is 0. The van der Waals surface area contributed by atoms with Gasteiger partial charge in [0.1, 0.15) is 0 Å². The van der Waals surface area contributed by atoms with Crippen LogP contribution in [-0.4, -0.2) is 24.3 Å². The van der Waals surface area contributed by atoms with E-state index < -0.39 is 0 Å². The van der Waals surface area contributed by atoms with Crippen LogP contribution in [0.3, 0.4) is 0 Å². The second-order valence-electron chi connectivity index (χ2n) is 5.16. The van der Waals surface area contributed by atoms with Gasteiger partial charge in [-0.3, -0.25) is 0 Å². The van der Waals surface area contributed by atoms with Crippen LogP contribution in [-0.2, 0) is 0 Å². The molecule has 3 atom stereocenters. The van der Waals surface area contributed by atoms with Crippen LogP contribution in [0.2, 0.25) is 0 Å². The first-order valence-electron chi connectivity index (χ1n) is 6.62. The minimum absolute atomic E-state index is 0.0484. The lowest BCUT2D eigenvalue weighted by atomic mass is 9.86. The number of nitrogens with one attached hydrogen (secondary N) is 1. The number of aliphatic hydroxyl groups excluding tert-OH is 1. The highest BCUT2D eigenvalue weighted by Crippen LogP contribution is 2.23. The van der Waals surface area contributed by atoms with Gasteiger partial charge in [-0.2, -0.15) is 0 Å². The number of aliphatic hydroxyl groups is 1. The Bertz CT molecular complexity index is 161. The van der Waals surface area contributed by atoms with E-state index in [-0.39, 0.29) is 6.10 Å². The van der Waals surface area contributed by atoms with Crippen LogP contribution in [0.5, 0.6) is 0 Å². The van der Waals surface area contributed by atoms with Crippen LogP contribution in [0, 0.1) is 11.8 Å². The Hall–Kier alpha value is -0.0800. The Morgan fingerprint density at radius 2 is 2.07 bits per heavy atom. The largest absolute Gasteiger partial charge is 0.393 e. The van der Waals surface area contributed by atoms with Crippen LogP contribution in [0.15, 0.2) is 0 Å². The molecule has 90 valence electrons. The summed E-state index contributed by atoms with van der Waals surface area (Å²) < 4.78 is 0. The summed E-state index contributed by atoms with van der Waals surface area (Å²) in [7, 11) is 0. The van der Waals surface area contributed by atoms with Gasteiger partial charge in [0, 0.05) is 6.54 Å². The van der Waals surface area contributed by atoms with Crippen molar-refractivity contribution in [2.75, 3.05) is 13.1 Å². The first kappa shape index (κ1) is 13.0. The zero-order chi connectivity index (χ0) is 11.1. The van der Waals surface area contributed by atoms with Gasteiger partial charge in [0.05, 0.1) is 6.10 Å². The monoisotopic (exact) mass is 213 g/mol. The standard InChI is InChI=1S/C13H27NO/c1-3-6-11(2)9-14-10-12-7-4-5-8-13(12)15/h11-15H,3-10H2,1-2H3. The maximum absolute atomic E-state index is 9.80. The smallest absolute Gasteiger partial charge is 0.0580 e. The summed E-state index contributed by atoms with van der Waals surface area (Å²) in [6.45, 7) is 6.65. The van der Waals surface area contributed by atoms with Crippen LogP contribution in [0.1, 0.15) is 52.4 Å². The molecule has 0 aromatic heterocycles. The van der Waals surface area contributed by atoms with Crippen molar-refractivity contribution in [3.8, 4) is 0 Å². The molecule has 0 spiro atoms. The van der Waals surface area contributed by atoms with E-state index in [1.165, 1.54) is 32.1 Å². The van der Waals surface area contributed by atoms with Gasteiger partial charge in [0.25, 0.3) is 0 Å². The normalized spacial score (nSPS) is 29.0. The minimum atomic E-state index is -0.0484. The van der Waals surface area contributed by atoms with Crippen molar-refractivity contribution in [3.05, 3.63) is 0 Å². The molecule has 1 aliphatic rings. The van der Waals surface area contributed by atoms with Gasteiger partial charge in [-0.25, -0.2) is 0 Å². The molecule has 1 saturated carbocycles. The van der Waals surface area contributed by atoms with Crippen LogP contribution >= 0.6 is 0 Å². The Morgan fingerprint density at radius 3 is 2.73 bits per heavy atom. The molecule has 1 aliphatic carbocycles. The third kappa shape index (κ3) is 4.98. The fourth-order valence-electron chi connectivity index (χ4n) is 2.54. The highest BCUT2D eigenvalue weighted by molar-refractivity contribution is 4.76. The molecule has 0 aromatic carbocycles. The van der Waals surface area contributed by atoms with E-state index in [4.69, 9.17) is 0 Å². The van der Waals surface area contributed by atoms with Gasteiger partial charge in [0.2, 0.25) is 0 Å². The Labute approximate surface area is 94.5 Å². The average Bonchev–Trinajstić information content (AvgIpc) is 2.21. The van der Waals surface area contributed by atoms with Crippen LogP contribution < -0.4 is 5.32 Å². The molecular formula is C13H27NO. The molecule has 3 unspecified atom stereocenters. The topological polar surface area (TPSA) is 32.3 Å². The second-order valence-corrected chi connectivity index (χ2v) is 5.16. The summed E-state index contributed by atoms with van der Waals surface area (Å²) in [5.74, 6) is 1.28. The van der Waals surface area contributed by atoms with E-state index in [0.29, 0.717) is 5.92 Å². The molecule has 0 aliphatic heterocycles. The molecule has 0 aromatic rings. The average molecular weight is 213 g/mol. The molecule has 0 amide bonds. The van der Waals surface area contributed by atoms with Crippen molar-refractivity contribution < 1.29 is 5.11 Å². The van der Waals surface area contributed by atoms with Crippen LogP contribution in [0.25, 0.3) is 0 Å². The van der Waals surface area contributed by atoms with Gasteiger partial charge in [-0.1, -0.05) is 33.1 Å². The quantitative estimate of drug-likeness (QED) is 0.711. The summed E-state index contributed by atoms with van der Waals surface area (Å²) in [5, 5.41) is 13.3. The molecule has 0 bridgehead atoms. The summed E-state index contributed by atoms with van der Waals surface area (Å²) in [6, 6.07) is 0. The lowest BCUT2D eigenvalue weighted by Crippen LogP contribution is -2.35. The zero-order valence-electron chi connectivity index (χ0n) is 10.3. The van der Waals surface area contributed by atoms with Crippen LogP contribution in [0.4, 0.5) is 0 Å². The lowest BCUT2D eigenvalue weighted by Gasteiger charge is -2.28. The van der Waals surface area contributed by atoms with E-state index in [1.54, 1.807) is 0 Å². The van der Waals surface area contributed by atoms with Crippen molar-refractivity contribution in [3.63, 3.8) is 0 Å². The van der Waals surface area contributed by atoms with Crippen molar-refractivity contribution in [2.45, 2.75) is 58.5 Å². The summed E-state index contributed by atoms with van der Waals surface area (Å²) in [5.41, 5.74) is 0. The van der Waals surface area contributed by atoms with E-state index in [0.717, 1.165) is 25.4 Å². The minimum Gasteiger partial charge on any atom is -0.393 e. The predicted molar refractivity (Wildman–Crippen MR) is 64.9 cm³/mol. The Balaban J connectivity index is 2.08. The highest BCUT2D eigenvalue weighted by atomic mass is 16.3. The number of hydrogen-bond acceptors (Lipinski definition) is 2. The van der Waals surface area contributed by atoms with E-state index in [2.05, 4.69) is 19.2 Å². The van der Waals surface area contributed by atoms with E-state index >= 15 is 0 Å². The fourth-order valence-corrected chi connectivity index (χ4v) is 2.54. The second kappa shape index (κ2) is 7.24. The molecule has 2 heteroatoms. The van der Waals surface area contributed by atoms with Gasteiger partial charge >= 0.3 is 0 Å². The first-order valence-corrected chi connectivity index (χ1v) is 6.62.